The summed E-state index contributed by atoms with van der Waals surface area (Å²) in [4.78, 5) is 0. The molecular formula is C10H9F6FeO4P-. The Kier molecular flexibility index (Phi) is 20.7. The fourth-order valence-corrected chi connectivity index (χ4v) is 0.633. The Morgan fingerprint density at radius 1 is 0.818 bits per heavy atom. The summed E-state index contributed by atoms with van der Waals surface area (Å²) in [5.74, 6) is 0. The third kappa shape index (κ3) is 75.2. The van der Waals surface area contributed by atoms with Crippen LogP contribution in [0.1, 0.15) is 0 Å². The van der Waals surface area contributed by atoms with Gasteiger partial charge in [0.25, 0.3) is 0 Å². The van der Waals surface area contributed by atoms with Gasteiger partial charge in [0.15, 0.2) is 0 Å². The number of methoxy groups -OCH3 is 1. The zero-order chi connectivity index (χ0) is 18.2. The van der Waals surface area contributed by atoms with Gasteiger partial charge in [0.05, 0.1) is 6.10 Å². The van der Waals surface area contributed by atoms with E-state index in [1.165, 1.54) is 0 Å². The number of rotatable bonds is 1. The van der Waals surface area contributed by atoms with Gasteiger partial charge < -0.3 is 4.74 Å². The molecule has 0 aromatic heterocycles. The number of allylic oxidation sites excluding steroid dienone is 2. The number of ether oxygens (including phenoxy) is 1. The molecule has 4 nitrogen and oxygen atoms in total. The van der Waals surface area contributed by atoms with Crippen molar-refractivity contribution in [1.29, 1.82) is 0 Å². The smallest absolute Gasteiger partial charge is 0 e. The molecule has 1 aliphatic carbocycles. The van der Waals surface area contributed by atoms with Crippen molar-refractivity contribution in [3.8, 4) is 0 Å². The second kappa shape index (κ2) is 13.8. The maximum Gasteiger partial charge on any atom is 0 e. The second-order valence-electron chi connectivity index (χ2n) is 2.62. The Bertz CT molecular complexity index is 359. The van der Waals surface area contributed by atoms with Gasteiger partial charge in [0.1, 0.15) is 0 Å². The van der Waals surface area contributed by atoms with Crippen molar-refractivity contribution in [2.45, 2.75) is 6.10 Å². The van der Waals surface area contributed by atoms with Crippen molar-refractivity contribution < 1.29 is 60.9 Å². The van der Waals surface area contributed by atoms with Crippen molar-refractivity contribution in [3.05, 3.63) is 50.7 Å². The van der Waals surface area contributed by atoms with Crippen LogP contribution in [-0.4, -0.2) is 13.2 Å². The summed E-state index contributed by atoms with van der Waals surface area (Å²) in [7, 11) is -8.96. The largest absolute Gasteiger partial charge is 0 e. The van der Waals surface area contributed by atoms with Crippen molar-refractivity contribution >= 4 is 7.81 Å². The summed E-state index contributed by atoms with van der Waals surface area (Å²) in [6, 6.07) is 0. The molecule has 0 aliphatic heterocycles. The van der Waals surface area contributed by atoms with Crippen LogP contribution >= 0.6 is 7.81 Å². The quantitative estimate of drug-likeness (QED) is 0.211. The summed E-state index contributed by atoms with van der Waals surface area (Å²) < 4.78 is 86.7. The van der Waals surface area contributed by atoms with E-state index in [1.807, 2.05) is 30.7 Å². The molecule has 22 heavy (non-hydrogen) atoms. The molecule has 0 aromatic carbocycles. The first-order valence-electron chi connectivity index (χ1n) is 4.27. The summed E-state index contributed by atoms with van der Waals surface area (Å²) in [5.41, 5.74) is 0. The number of hydrogen-bond donors (Lipinski definition) is 0. The van der Waals surface area contributed by atoms with Crippen molar-refractivity contribution in [2.75, 3.05) is 7.11 Å². The molecule has 1 atom stereocenters. The molecule has 0 spiro atoms. The van der Waals surface area contributed by atoms with E-state index in [-0.39, 0.29) is 23.2 Å². The second-order valence-corrected chi connectivity index (χ2v) is 4.54. The molecular weight excluding hydrogens is 385 g/mol. The van der Waals surface area contributed by atoms with Crippen molar-refractivity contribution in [3.63, 3.8) is 0 Å². The molecule has 1 radical (unpaired) electrons. The van der Waals surface area contributed by atoms with E-state index in [9.17, 15) is 25.2 Å². The third-order valence-corrected chi connectivity index (χ3v) is 1.10. The van der Waals surface area contributed by atoms with Crippen LogP contribution in [-0.2, 0) is 35.8 Å². The Balaban J connectivity index is -0.0000000635. The number of halogens is 6. The first-order chi connectivity index (χ1) is 9.38. The molecule has 1 rings (SSSR count). The Morgan fingerprint density at radius 3 is 1.27 bits per heavy atom. The van der Waals surface area contributed by atoms with Gasteiger partial charge in [-0.2, -0.15) is 0 Å². The van der Waals surface area contributed by atoms with Crippen molar-refractivity contribution in [2.24, 2.45) is 0 Å². The summed E-state index contributed by atoms with van der Waals surface area (Å²) >= 11 is 0. The normalized spacial score (nSPS) is 17.2. The maximum atomic E-state index is 9.87. The van der Waals surface area contributed by atoms with Gasteiger partial charge in [0, 0.05) is 30.6 Å². The van der Waals surface area contributed by atoms with E-state index >= 15 is 0 Å². The predicted molar refractivity (Wildman–Crippen MR) is 58.7 cm³/mol. The Labute approximate surface area is 133 Å². The molecule has 0 aromatic rings. The fourth-order valence-electron chi connectivity index (χ4n) is 0.633. The van der Waals surface area contributed by atoms with Crippen LogP contribution in [0.5, 0.6) is 0 Å². The van der Waals surface area contributed by atoms with Crippen LogP contribution in [0.2, 0.25) is 0 Å². The van der Waals surface area contributed by atoms with Gasteiger partial charge in [-0.15, -0.1) is 0 Å². The molecule has 0 bridgehead atoms. The van der Waals surface area contributed by atoms with Crippen LogP contribution in [0.15, 0.2) is 24.3 Å². The zero-order valence-electron chi connectivity index (χ0n) is 10.7. The molecule has 1 aliphatic rings. The first kappa shape index (κ1) is 33.0. The van der Waals surface area contributed by atoms with Gasteiger partial charge in [-0.05, 0) is 0 Å². The molecule has 0 saturated heterocycles. The van der Waals surface area contributed by atoms with Crippen LogP contribution in [0.4, 0.5) is 25.2 Å². The molecule has 0 unspecified atom stereocenters. The van der Waals surface area contributed by atoms with Crippen LogP contribution in [0, 0.1) is 26.4 Å². The molecule has 12 heteroatoms. The number of hydrogen-bond acceptors (Lipinski definition) is 1. The van der Waals surface area contributed by atoms with E-state index < -0.39 is 7.81 Å². The van der Waals surface area contributed by atoms with Crippen molar-refractivity contribution in [1.82, 2.24) is 0 Å². The van der Waals surface area contributed by atoms with E-state index in [0.717, 1.165) is 0 Å². The molecule has 129 valence electrons. The van der Waals surface area contributed by atoms with Crippen LogP contribution < -0.4 is 0 Å². The molecule has 0 heterocycles. The predicted octanol–water partition coefficient (Wildman–Crippen LogP) is 4.60. The minimum Gasteiger partial charge on any atom is 0 e. The van der Waals surface area contributed by atoms with E-state index in [0.29, 0.717) is 0 Å². The Hall–Kier alpha value is -0.811. The maximum absolute atomic E-state index is 10.7. The van der Waals surface area contributed by atoms with Crippen LogP contribution in [0.25, 0.3) is 0 Å². The fraction of sp³-hybridized carbons (Fsp3) is 0.200. The van der Waals surface area contributed by atoms with E-state index in [2.05, 4.69) is 20.0 Å². The standard InChI is InChI=1S/C7H9O.3CO.F6P.Fe/c1-8-7-5-3-2-4-6-7;3*1-2;1-7(2,3,4,5)6;/h2-7H,1H3;;;;;/q;;;;-1;. The van der Waals surface area contributed by atoms with E-state index in [1.54, 1.807) is 7.11 Å². The molecule has 0 fully saturated rings. The summed E-state index contributed by atoms with van der Waals surface area (Å²) in [6.45, 7) is 13.5. The van der Waals surface area contributed by atoms with Gasteiger partial charge >= 0.3 is 66.9 Å². The monoisotopic (exact) mass is 394 g/mol. The molecule has 0 amide bonds. The first-order valence-corrected chi connectivity index (χ1v) is 6.30. The van der Waals surface area contributed by atoms with Gasteiger partial charge in [-0.25, -0.2) is 0 Å². The Morgan fingerprint density at radius 2 is 1.14 bits per heavy atom. The average molecular weight is 394 g/mol. The van der Waals surface area contributed by atoms with Gasteiger partial charge in [-0.3, -0.25) is 0 Å². The molecule has 0 saturated carbocycles. The zero-order valence-corrected chi connectivity index (χ0v) is 12.7. The molecule has 0 N–H and O–H groups in total. The van der Waals surface area contributed by atoms with Crippen LogP contribution in [0.3, 0.4) is 0 Å². The minimum atomic E-state index is -10.7. The summed E-state index contributed by atoms with van der Waals surface area (Å²) in [5, 5.41) is 0. The average Bonchev–Trinajstić information content (AvgIpc) is 2.43. The van der Waals surface area contributed by atoms with Gasteiger partial charge in [-0.1, -0.05) is 24.3 Å². The minimum absolute atomic E-state index is 0. The topological polar surface area (TPSA) is 68.9 Å². The van der Waals surface area contributed by atoms with Gasteiger partial charge in [0.2, 0.25) is 0 Å². The summed E-state index contributed by atoms with van der Waals surface area (Å²) in [6.07, 6.45) is 10.1. The third-order valence-electron chi connectivity index (χ3n) is 1.10. The SMILES string of the molecule is CO[C@@H]1[CH]C=CC=C1.F[P-](F)(F)(F)(F)F.[C-]#[O+].[C-]#[O+].[C-]#[O+].[Fe]. The van der Waals surface area contributed by atoms with E-state index in [4.69, 9.17) is 18.7 Å².